The molecule has 0 aliphatic heterocycles. The van der Waals surface area contributed by atoms with E-state index in [1.165, 1.54) is 6.20 Å². The minimum Gasteiger partial charge on any atom is -0.494 e. The molecule has 1 aromatic rings. The van der Waals surface area contributed by atoms with E-state index in [1.807, 2.05) is 13.0 Å². The third-order valence-electron chi connectivity index (χ3n) is 3.29. The molecule has 136 valence electrons. The number of nitrogens with zero attached hydrogens (tertiary/aromatic N) is 1. The quantitative estimate of drug-likeness (QED) is 0.345. The van der Waals surface area contributed by atoms with Gasteiger partial charge in [0.15, 0.2) is 0 Å². The Balaban J connectivity index is 2.37. The molecule has 0 saturated heterocycles. The predicted molar refractivity (Wildman–Crippen MR) is 98.3 cm³/mol. The van der Waals surface area contributed by atoms with Gasteiger partial charge in [0.1, 0.15) is 17.4 Å². The number of carbonyl (C=O) groups excluding carboxylic acids is 1. The van der Waals surface area contributed by atoms with Gasteiger partial charge in [0.25, 0.3) is 5.91 Å². The second-order valence-corrected chi connectivity index (χ2v) is 5.35. The van der Waals surface area contributed by atoms with Crippen molar-refractivity contribution in [2.45, 2.75) is 33.1 Å². The molecule has 0 atom stereocenters. The van der Waals surface area contributed by atoms with Gasteiger partial charge in [-0.15, -0.1) is 0 Å². The molecule has 0 aliphatic carbocycles. The van der Waals surface area contributed by atoms with Crippen LogP contribution in [-0.4, -0.2) is 32.3 Å². The second kappa shape index (κ2) is 12.8. The van der Waals surface area contributed by atoms with Gasteiger partial charge in [-0.3, -0.25) is 4.79 Å². The summed E-state index contributed by atoms with van der Waals surface area (Å²) in [4.78, 5) is 12.1. The largest absolute Gasteiger partial charge is 0.494 e. The summed E-state index contributed by atoms with van der Waals surface area (Å²) < 4.78 is 10.8. The average molecular weight is 345 g/mol. The maximum absolute atomic E-state index is 12.1. The van der Waals surface area contributed by atoms with Crippen LogP contribution in [-0.2, 0) is 9.53 Å². The Kier molecular flexibility index (Phi) is 10.5. The van der Waals surface area contributed by atoms with Crippen molar-refractivity contribution in [2.75, 3.05) is 31.7 Å². The van der Waals surface area contributed by atoms with E-state index in [1.54, 1.807) is 24.3 Å². The van der Waals surface area contributed by atoms with Gasteiger partial charge >= 0.3 is 0 Å². The molecule has 6 nitrogen and oxygen atoms in total. The molecule has 0 radical (unpaired) electrons. The van der Waals surface area contributed by atoms with Crippen LogP contribution in [0.1, 0.15) is 33.1 Å². The molecular weight excluding hydrogens is 318 g/mol. The first-order valence-electron chi connectivity index (χ1n) is 8.66. The predicted octanol–water partition coefficient (Wildman–Crippen LogP) is 3.23. The Morgan fingerprint density at radius 2 is 1.92 bits per heavy atom. The fourth-order valence-electron chi connectivity index (χ4n) is 1.95. The van der Waals surface area contributed by atoms with Gasteiger partial charge in [0, 0.05) is 31.6 Å². The maximum atomic E-state index is 12.1. The number of rotatable bonds is 12. The highest BCUT2D eigenvalue weighted by molar-refractivity contribution is 6.06. The first-order valence-corrected chi connectivity index (χ1v) is 8.66. The van der Waals surface area contributed by atoms with E-state index in [2.05, 4.69) is 17.6 Å². The fourth-order valence-corrected chi connectivity index (χ4v) is 1.95. The molecule has 1 amide bonds. The molecule has 1 aromatic carbocycles. The van der Waals surface area contributed by atoms with Crippen LogP contribution in [0.25, 0.3) is 0 Å². The summed E-state index contributed by atoms with van der Waals surface area (Å²) in [5, 5.41) is 14.8. The minimum absolute atomic E-state index is 0.0285. The zero-order valence-corrected chi connectivity index (χ0v) is 15.0. The van der Waals surface area contributed by atoms with Crippen LogP contribution in [0.3, 0.4) is 0 Å². The van der Waals surface area contributed by atoms with E-state index >= 15 is 0 Å². The van der Waals surface area contributed by atoms with E-state index in [9.17, 15) is 4.79 Å². The van der Waals surface area contributed by atoms with Crippen molar-refractivity contribution in [2.24, 2.45) is 0 Å². The second-order valence-electron chi connectivity index (χ2n) is 5.35. The molecule has 0 bridgehead atoms. The van der Waals surface area contributed by atoms with Gasteiger partial charge in [-0.2, -0.15) is 5.26 Å². The topological polar surface area (TPSA) is 83.4 Å². The Morgan fingerprint density at radius 3 is 2.56 bits per heavy atom. The average Bonchev–Trinajstić information content (AvgIpc) is 2.62. The van der Waals surface area contributed by atoms with Gasteiger partial charge in [0.2, 0.25) is 0 Å². The molecule has 6 heteroatoms. The number of nitrogens with one attached hydrogen (secondary N) is 2. The monoisotopic (exact) mass is 345 g/mol. The van der Waals surface area contributed by atoms with E-state index in [-0.39, 0.29) is 5.57 Å². The Morgan fingerprint density at radius 1 is 1.20 bits per heavy atom. The van der Waals surface area contributed by atoms with Gasteiger partial charge in [-0.05, 0) is 44.0 Å². The number of amides is 1. The lowest BCUT2D eigenvalue weighted by Gasteiger charge is -2.07. The van der Waals surface area contributed by atoms with Gasteiger partial charge in [-0.1, -0.05) is 13.3 Å². The third kappa shape index (κ3) is 8.77. The van der Waals surface area contributed by atoms with Crippen molar-refractivity contribution >= 4 is 11.6 Å². The number of nitriles is 1. The third-order valence-corrected chi connectivity index (χ3v) is 3.29. The zero-order chi connectivity index (χ0) is 18.3. The van der Waals surface area contributed by atoms with Crippen molar-refractivity contribution in [3.05, 3.63) is 36.0 Å². The SMILES string of the molecule is CCCCOCCCN/C=C(/C#N)C(=O)Nc1ccc(OCC)cc1. The lowest BCUT2D eigenvalue weighted by atomic mass is 10.2. The fraction of sp³-hybridized carbons (Fsp3) is 0.474. The number of benzene rings is 1. The molecule has 0 saturated carbocycles. The lowest BCUT2D eigenvalue weighted by molar-refractivity contribution is -0.112. The van der Waals surface area contributed by atoms with E-state index in [4.69, 9.17) is 14.7 Å². The van der Waals surface area contributed by atoms with E-state index in [0.29, 0.717) is 25.4 Å². The summed E-state index contributed by atoms with van der Waals surface area (Å²) in [5.41, 5.74) is 0.639. The van der Waals surface area contributed by atoms with Crippen molar-refractivity contribution in [1.82, 2.24) is 5.32 Å². The summed E-state index contributed by atoms with van der Waals surface area (Å²) in [7, 11) is 0. The number of carbonyl (C=O) groups is 1. The zero-order valence-electron chi connectivity index (χ0n) is 15.0. The molecule has 0 aliphatic rings. The minimum atomic E-state index is -0.446. The molecule has 1 rings (SSSR count). The van der Waals surface area contributed by atoms with Crippen LogP contribution in [0.5, 0.6) is 5.75 Å². The first kappa shape index (κ1) is 20.5. The molecule has 0 unspecified atom stereocenters. The van der Waals surface area contributed by atoms with Crippen LogP contribution in [0.4, 0.5) is 5.69 Å². The van der Waals surface area contributed by atoms with Crippen molar-refractivity contribution in [3.8, 4) is 11.8 Å². The van der Waals surface area contributed by atoms with Gasteiger partial charge in [0.05, 0.1) is 6.61 Å². The molecule has 0 aromatic heterocycles. The van der Waals surface area contributed by atoms with Crippen molar-refractivity contribution < 1.29 is 14.3 Å². The van der Waals surface area contributed by atoms with Crippen LogP contribution < -0.4 is 15.4 Å². The number of hydrogen-bond acceptors (Lipinski definition) is 5. The number of anilines is 1. The highest BCUT2D eigenvalue weighted by Crippen LogP contribution is 2.16. The number of ether oxygens (including phenoxy) is 2. The van der Waals surface area contributed by atoms with Gasteiger partial charge in [-0.25, -0.2) is 0 Å². The highest BCUT2D eigenvalue weighted by Gasteiger charge is 2.09. The Bertz CT molecular complexity index is 577. The summed E-state index contributed by atoms with van der Waals surface area (Å²) >= 11 is 0. The first-order chi connectivity index (χ1) is 12.2. The molecule has 0 fully saturated rings. The van der Waals surface area contributed by atoms with Crippen LogP contribution in [0.15, 0.2) is 36.0 Å². The highest BCUT2D eigenvalue weighted by atomic mass is 16.5. The Hall–Kier alpha value is -2.52. The number of unbranched alkanes of at least 4 members (excludes halogenated alkanes) is 1. The number of hydrogen-bond donors (Lipinski definition) is 2. The summed E-state index contributed by atoms with van der Waals surface area (Å²) in [6.45, 7) is 6.71. The normalized spacial score (nSPS) is 10.8. The summed E-state index contributed by atoms with van der Waals surface area (Å²) in [6, 6.07) is 8.91. The van der Waals surface area contributed by atoms with Crippen LogP contribution in [0.2, 0.25) is 0 Å². The lowest BCUT2D eigenvalue weighted by Crippen LogP contribution is -2.17. The smallest absolute Gasteiger partial charge is 0.267 e. The van der Waals surface area contributed by atoms with Crippen molar-refractivity contribution in [1.29, 1.82) is 5.26 Å². The van der Waals surface area contributed by atoms with Crippen molar-refractivity contribution in [3.63, 3.8) is 0 Å². The molecular formula is C19H27N3O3. The standard InChI is InChI=1S/C19H27N3O3/c1-3-5-12-24-13-6-11-21-15-16(14-20)19(23)22-17-7-9-18(10-8-17)25-4-2/h7-10,15,21H,3-6,11-13H2,1-2H3,(H,22,23)/b16-15-. The van der Waals surface area contributed by atoms with E-state index in [0.717, 1.165) is 31.6 Å². The maximum Gasteiger partial charge on any atom is 0.267 e. The molecule has 2 N–H and O–H groups in total. The summed E-state index contributed by atoms with van der Waals surface area (Å²) in [5.74, 6) is 0.290. The molecule has 25 heavy (non-hydrogen) atoms. The Labute approximate surface area is 149 Å². The van der Waals surface area contributed by atoms with E-state index < -0.39 is 5.91 Å². The van der Waals surface area contributed by atoms with Crippen LogP contribution in [0, 0.1) is 11.3 Å². The van der Waals surface area contributed by atoms with Crippen LogP contribution >= 0.6 is 0 Å². The molecule has 0 spiro atoms. The summed E-state index contributed by atoms with van der Waals surface area (Å²) in [6.07, 6.45) is 4.45. The van der Waals surface area contributed by atoms with Gasteiger partial charge < -0.3 is 20.1 Å². The molecule has 0 heterocycles.